The summed E-state index contributed by atoms with van der Waals surface area (Å²) in [7, 11) is 1.77. The van der Waals surface area contributed by atoms with Crippen LogP contribution in [0.5, 0.6) is 0 Å². The molecule has 0 saturated heterocycles. The SMILES string of the molecule is CN=C(NCc1ccc(SC)c(C)c1)NCc1ccccn1.I. The number of halogens is 1. The van der Waals surface area contributed by atoms with E-state index in [9.17, 15) is 0 Å². The third-order valence-corrected chi connectivity index (χ3v) is 4.20. The summed E-state index contributed by atoms with van der Waals surface area (Å²) in [6.07, 6.45) is 3.90. The van der Waals surface area contributed by atoms with E-state index in [-0.39, 0.29) is 24.0 Å². The van der Waals surface area contributed by atoms with E-state index in [1.807, 2.05) is 18.2 Å². The molecule has 23 heavy (non-hydrogen) atoms. The van der Waals surface area contributed by atoms with Crippen molar-refractivity contribution in [2.75, 3.05) is 13.3 Å². The largest absolute Gasteiger partial charge is 0.352 e. The van der Waals surface area contributed by atoms with Crippen molar-refractivity contribution < 1.29 is 0 Å². The van der Waals surface area contributed by atoms with Gasteiger partial charge in [-0.1, -0.05) is 18.2 Å². The molecule has 0 fully saturated rings. The van der Waals surface area contributed by atoms with Gasteiger partial charge in [-0.25, -0.2) is 0 Å². The average molecular weight is 442 g/mol. The molecular formula is C17H23IN4S. The van der Waals surface area contributed by atoms with Gasteiger partial charge in [0.05, 0.1) is 12.2 Å². The summed E-state index contributed by atoms with van der Waals surface area (Å²) in [4.78, 5) is 9.84. The lowest BCUT2D eigenvalue weighted by atomic mass is 10.1. The summed E-state index contributed by atoms with van der Waals surface area (Å²) < 4.78 is 0. The number of hydrogen-bond donors (Lipinski definition) is 2. The molecule has 4 nitrogen and oxygen atoms in total. The number of benzene rings is 1. The van der Waals surface area contributed by atoms with Crippen molar-refractivity contribution in [2.24, 2.45) is 4.99 Å². The zero-order valence-electron chi connectivity index (χ0n) is 13.7. The van der Waals surface area contributed by atoms with E-state index in [0.29, 0.717) is 6.54 Å². The average Bonchev–Trinajstić information content (AvgIpc) is 2.56. The van der Waals surface area contributed by atoms with Crippen molar-refractivity contribution in [3.63, 3.8) is 0 Å². The third-order valence-electron chi connectivity index (χ3n) is 3.31. The maximum Gasteiger partial charge on any atom is 0.191 e. The van der Waals surface area contributed by atoms with Crippen molar-refractivity contribution in [2.45, 2.75) is 24.9 Å². The molecule has 2 N–H and O–H groups in total. The standard InChI is InChI=1S/C17H22N4S.HI/c1-13-10-14(7-8-16(13)22-3)11-20-17(18-2)21-12-15-6-4-5-9-19-15;/h4-10H,11-12H2,1-3H3,(H2,18,20,21);1H. The number of aryl methyl sites for hydroxylation is 1. The van der Waals surface area contributed by atoms with Crippen molar-refractivity contribution in [1.82, 2.24) is 15.6 Å². The van der Waals surface area contributed by atoms with Gasteiger partial charge in [-0.3, -0.25) is 9.98 Å². The number of nitrogens with one attached hydrogen (secondary N) is 2. The lowest BCUT2D eigenvalue weighted by Crippen LogP contribution is -2.36. The van der Waals surface area contributed by atoms with Crippen LogP contribution in [0.4, 0.5) is 0 Å². The molecule has 0 unspecified atom stereocenters. The van der Waals surface area contributed by atoms with Gasteiger partial charge in [0.2, 0.25) is 0 Å². The summed E-state index contributed by atoms with van der Waals surface area (Å²) in [5.74, 6) is 0.775. The molecule has 0 amide bonds. The van der Waals surface area contributed by atoms with Crippen molar-refractivity contribution in [3.05, 3.63) is 59.4 Å². The number of guanidine groups is 1. The van der Waals surface area contributed by atoms with E-state index < -0.39 is 0 Å². The van der Waals surface area contributed by atoms with Gasteiger partial charge in [-0.05, 0) is 42.5 Å². The molecule has 0 bridgehead atoms. The van der Waals surface area contributed by atoms with Crippen molar-refractivity contribution >= 4 is 41.7 Å². The second kappa shape index (κ2) is 10.5. The quantitative estimate of drug-likeness (QED) is 0.322. The molecule has 0 saturated carbocycles. The highest BCUT2D eigenvalue weighted by Gasteiger charge is 2.02. The van der Waals surface area contributed by atoms with E-state index in [2.05, 4.69) is 52.0 Å². The lowest BCUT2D eigenvalue weighted by Gasteiger charge is -2.12. The molecule has 1 aromatic carbocycles. The van der Waals surface area contributed by atoms with Gasteiger partial charge in [-0.15, -0.1) is 35.7 Å². The molecular weight excluding hydrogens is 419 g/mol. The van der Waals surface area contributed by atoms with Gasteiger partial charge >= 0.3 is 0 Å². The van der Waals surface area contributed by atoms with Crippen LogP contribution in [-0.4, -0.2) is 24.2 Å². The molecule has 0 aliphatic heterocycles. The number of nitrogens with zero attached hydrogens (tertiary/aromatic N) is 2. The molecule has 0 aliphatic rings. The Balaban J connectivity index is 0.00000264. The maximum atomic E-state index is 4.29. The fourth-order valence-corrected chi connectivity index (χ4v) is 2.72. The number of pyridine rings is 1. The second-order valence-corrected chi connectivity index (χ2v) is 5.75. The predicted octanol–water partition coefficient (Wildman–Crippen LogP) is 3.60. The summed E-state index contributed by atoms with van der Waals surface area (Å²) in [6.45, 7) is 3.55. The monoisotopic (exact) mass is 442 g/mol. The van der Waals surface area contributed by atoms with Crippen LogP contribution in [0.2, 0.25) is 0 Å². The first-order valence-corrected chi connectivity index (χ1v) is 8.43. The van der Waals surface area contributed by atoms with Gasteiger partial charge in [0.25, 0.3) is 0 Å². The van der Waals surface area contributed by atoms with Crippen LogP contribution < -0.4 is 10.6 Å². The lowest BCUT2D eigenvalue weighted by molar-refractivity contribution is 0.793. The Labute approximate surface area is 159 Å². The first kappa shape index (κ1) is 19.8. The van der Waals surface area contributed by atoms with Gasteiger partial charge in [0.1, 0.15) is 0 Å². The maximum absolute atomic E-state index is 4.29. The fraction of sp³-hybridized carbons (Fsp3) is 0.294. The number of aromatic nitrogens is 1. The Kier molecular flexibility index (Phi) is 9.01. The Morgan fingerprint density at radius 3 is 2.57 bits per heavy atom. The molecule has 0 atom stereocenters. The third kappa shape index (κ3) is 6.39. The van der Waals surface area contributed by atoms with Crippen LogP contribution in [0.15, 0.2) is 52.5 Å². The molecule has 124 valence electrons. The first-order chi connectivity index (χ1) is 10.7. The molecule has 0 radical (unpaired) electrons. The van der Waals surface area contributed by atoms with Gasteiger partial charge in [0, 0.05) is 24.7 Å². The normalized spacial score (nSPS) is 10.8. The fourth-order valence-electron chi connectivity index (χ4n) is 2.13. The minimum absolute atomic E-state index is 0. The van der Waals surface area contributed by atoms with Crippen molar-refractivity contribution in [1.29, 1.82) is 0 Å². The van der Waals surface area contributed by atoms with Crippen LogP contribution in [0.3, 0.4) is 0 Å². The van der Waals surface area contributed by atoms with Crippen LogP contribution in [0, 0.1) is 6.92 Å². The Hall–Kier alpha value is -1.28. The van der Waals surface area contributed by atoms with Crippen LogP contribution in [-0.2, 0) is 13.1 Å². The summed E-state index contributed by atoms with van der Waals surface area (Å²) in [5, 5.41) is 6.59. The predicted molar refractivity (Wildman–Crippen MR) is 110 cm³/mol. The topological polar surface area (TPSA) is 49.3 Å². The van der Waals surface area contributed by atoms with E-state index in [0.717, 1.165) is 18.2 Å². The van der Waals surface area contributed by atoms with Gasteiger partial charge in [0.15, 0.2) is 5.96 Å². The molecule has 2 rings (SSSR count). The van der Waals surface area contributed by atoms with Crippen LogP contribution in [0.1, 0.15) is 16.8 Å². The molecule has 1 heterocycles. The highest BCUT2D eigenvalue weighted by Crippen LogP contribution is 2.20. The van der Waals surface area contributed by atoms with Crippen molar-refractivity contribution in [3.8, 4) is 0 Å². The Morgan fingerprint density at radius 1 is 1.17 bits per heavy atom. The number of aliphatic imine (C=N–C) groups is 1. The minimum Gasteiger partial charge on any atom is -0.352 e. The summed E-state index contributed by atoms with van der Waals surface area (Å²) in [6, 6.07) is 12.4. The number of rotatable bonds is 5. The Bertz CT molecular complexity index is 632. The van der Waals surface area contributed by atoms with Crippen LogP contribution >= 0.6 is 35.7 Å². The van der Waals surface area contributed by atoms with Gasteiger partial charge < -0.3 is 10.6 Å². The van der Waals surface area contributed by atoms with E-state index in [1.165, 1.54) is 16.0 Å². The van der Waals surface area contributed by atoms with E-state index >= 15 is 0 Å². The Morgan fingerprint density at radius 2 is 1.96 bits per heavy atom. The zero-order valence-corrected chi connectivity index (χ0v) is 16.8. The molecule has 0 spiro atoms. The highest BCUT2D eigenvalue weighted by atomic mass is 127. The van der Waals surface area contributed by atoms with Gasteiger partial charge in [-0.2, -0.15) is 0 Å². The van der Waals surface area contributed by atoms with E-state index in [4.69, 9.17) is 0 Å². The zero-order chi connectivity index (χ0) is 15.8. The number of thioether (sulfide) groups is 1. The van der Waals surface area contributed by atoms with E-state index in [1.54, 1.807) is 25.0 Å². The number of hydrogen-bond acceptors (Lipinski definition) is 3. The molecule has 6 heteroatoms. The second-order valence-electron chi connectivity index (χ2n) is 4.90. The highest BCUT2D eigenvalue weighted by molar-refractivity contribution is 14.0. The minimum atomic E-state index is 0. The molecule has 0 aliphatic carbocycles. The molecule has 1 aromatic heterocycles. The summed E-state index contributed by atoms with van der Waals surface area (Å²) in [5.41, 5.74) is 3.55. The van der Waals surface area contributed by atoms with Crippen LogP contribution in [0.25, 0.3) is 0 Å². The molecule has 2 aromatic rings. The summed E-state index contributed by atoms with van der Waals surface area (Å²) >= 11 is 1.78. The smallest absolute Gasteiger partial charge is 0.191 e. The first-order valence-electron chi connectivity index (χ1n) is 7.21.